The summed E-state index contributed by atoms with van der Waals surface area (Å²) >= 11 is 0. The molecule has 0 unspecified atom stereocenters. The Morgan fingerprint density at radius 2 is 1.50 bits per heavy atom. The van der Waals surface area contributed by atoms with Gasteiger partial charge in [0.15, 0.2) is 0 Å². The first-order valence-corrected chi connectivity index (χ1v) is 2.34. The van der Waals surface area contributed by atoms with Gasteiger partial charge in [0.25, 0.3) is 0 Å². The summed E-state index contributed by atoms with van der Waals surface area (Å²) in [6.07, 6.45) is 0. The third-order valence-corrected chi connectivity index (χ3v) is 0.577. The lowest BCUT2D eigenvalue weighted by molar-refractivity contribution is -0.00000372. The van der Waals surface area contributed by atoms with Gasteiger partial charge in [-0.2, -0.15) is 0 Å². The summed E-state index contributed by atoms with van der Waals surface area (Å²) in [4.78, 5) is 0. The van der Waals surface area contributed by atoms with Crippen LogP contribution >= 0.6 is 0 Å². The molecule has 0 radical (unpaired) electrons. The molecule has 0 spiro atoms. The van der Waals surface area contributed by atoms with E-state index in [9.17, 15) is 0 Å². The Morgan fingerprint density at radius 3 is 1.75 bits per heavy atom. The van der Waals surface area contributed by atoms with Crippen molar-refractivity contribution in [2.75, 3.05) is 26.3 Å². The molecule has 0 bridgehead atoms. The van der Waals surface area contributed by atoms with Gasteiger partial charge in [0.05, 0.1) is 13.2 Å². The average molecular weight is 186 g/mol. The molecule has 0 saturated carbocycles. The van der Waals surface area contributed by atoms with Crippen LogP contribution < -0.4 is 22.3 Å². The van der Waals surface area contributed by atoms with Gasteiger partial charge in [-0.15, -0.1) is 0 Å². The molecule has 3 nitrogen and oxygen atoms in total. The molecule has 4 heteroatoms. The monoisotopic (exact) mass is 185 g/mol. The van der Waals surface area contributed by atoms with Gasteiger partial charge in [0.2, 0.25) is 0 Å². The van der Waals surface area contributed by atoms with Crippen LogP contribution in [0, 0.1) is 0 Å². The molecular formula is C4H12BrNO2. The molecule has 0 atom stereocenters. The van der Waals surface area contributed by atoms with Gasteiger partial charge < -0.3 is 32.5 Å². The first kappa shape index (κ1) is 11.2. The van der Waals surface area contributed by atoms with Gasteiger partial charge >= 0.3 is 1.43 Å². The zero-order chi connectivity index (χ0) is 5.54. The van der Waals surface area contributed by atoms with Crippen LogP contribution in [0.5, 0.6) is 0 Å². The van der Waals surface area contributed by atoms with Crippen molar-refractivity contribution in [3.63, 3.8) is 0 Å². The van der Waals surface area contributed by atoms with Crippen molar-refractivity contribution in [3.05, 3.63) is 0 Å². The van der Waals surface area contributed by atoms with Crippen LogP contribution in [-0.4, -0.2) is 36.5 Å². The molecule has 0 saturated heterocycles. The minimum atomic E-state index is 0. The van der Waals surface area contributed by atoms with E-state index in [1.54, 1.807) is 0 Å². The number of rotatable bonds is 4. The minimum Gasteiger partial charge on any atom is -1.00 e. The van der Waals surface area contributed by atoms with E-state index in [2.05, 4.69) is 5.32 Å². The van der Waals surface area contributed by atoms with Gasteiger partial charge in [-0.3, -0.25) is 0 Å². The maximum atomic E-state index is 8.15. The Labute approximate surface area is 61.0 Å². The zero-order valence-corrected chi connectivity index (χ0v) is 6.19. The summed E-state index contributed by atoms with van der Waals surface area (Å²) in [5, 5.41) is 19.1. The quantitative estimate of drug-likeness (QED) is 0.389. The summed E-state index contributed by atoms with van der Waals surface area (Å²) in [6, 6.07) is 0. The van der Waals surface area contributed by atoms with Crippen LogP contribution in [-0.2, 0) is 0 Å². The molecular weight excluding hydrogens is 174 g/mol. The second-order valence-electron chi connectivity index (χ2n) is 1.20. The molecule has 0 aliphatic rings. The average Bonchev–Trinajstić information content (AvgIpc) is 1.69. The van der Waals surface area contributed by atoms with Crippen LogP contribution in [0.1, 0.15) is 1.43 Å². The molecule has 0 aromatic carbocycles. The van der Waals surface area contributed by atoms with Crippen molar-refractivity contribution in [2.45, 2.75) is 0 Å². The van der Waals surface area contributed by atoms with E-state index in [0.29, 0.717) is 13.1 Å². The third kappa shape index (κ3) is 9.61. The van der Waals surface area contributed by atoms with Crippen molar-refractivity contribution < 1.29 is 28.6 Å². The fourth-order valence-electron chi connectivity index (χ4n) is 0.283. The van der Waals surface area contributed by atoms with Crippen LogP contribution in [0.25, 0.3) is 0 Å². The van der Waals surface area contributed by atoms with Crippen molar-refractivity contribution in [3.8, 4) is 0 Å². The highest BCUT2D eigenvalue weighted by Gasteiger charge is 1.78. The number of halogens is 1. The molecule has 52 valence electrons. The van der Waals surface area contributed by atoms with Crippen molar-refractivity contribution in [2.24, 2.45) is 0 Å². The number of hydrogen-bond donors (Lipinski definition) is 3. The Bertz CT molecular complexity index is 37.7. The highest BCUT2D eigenvalue weighted by Crippen LogP contribution is 1.54. The first-order valence-electron chi connectivity index (χ1n) is 2.34. The molecule has 0 aromatic rings. The molecule has 8 heavy (non-hydrogen) atoms. The van der Waals surface area contributed by atoms with E-state index in [1.807, 2.05) is 0 Å². The van der Waals surface area contributed by atoms with Gasteiger partial charge in [0.1, 0.15) is 0 Å². The fourth-order valence-corrected chi connectivity index (χ4v) is 0.283. The molecule has 0 aliphatic carbocycles. The minimum absolute atomic E-state index is 0. The van der Waals surface area contributed by atoms with Gasteiger partial charge in [-0.1, -0.05) is 0 Å². The molecule has 0 aromatic heterocycles. The highest BCUT2D eigenvalue weighted by molar-refractivity contribution is 4.39. The van der Waals surface area contributed by atoms with Gasteiger partial charge in [-0.05, 0) is 0 Å². The topological polar surface area (TPSA) is 52.5 Å². The van der Waals surface area contributed by atoms with E-state index in [-0.39, 0.29) is 31.6 Å². The van der Waals surface area contributed by atoms with E-state index in [1.165, 1.54) is 0 Å². The first-order chi connectivity index (χ1) is 3.41. The Kier molecular flexibility index (Phi) is 14.5. The third-order valence-electron chi connectivity index (χ3n) is 0.577. The van der Waals surface area contributed by atoms with E-state index < -0.39 is 0 Å². The SMILES string of the molecule is OCCNCCO.[Br-].[H+]. The Hall–Kier alpha value is 0.360. The lowest BCUT2D eigenvalue weighted by Gasteiger charge is -1.94. The predicted octanol–water partition coefficient (Wildman–Crippen LogP) is -4.32. The van der Waals surface area contributed by atoms with Crippen LogP contribution in [0.2, 0.25) is 0 Å². The standard InChI is InChI=1S/C4H11NO2.BrH/c6-3-1-5-2-4-7;/h5-7H,1-4H2;1H. The smallest absolute Gasteiger partial charge is 1.00 e. The zero-order valence-electron chi connectivity index (χ0n) is 5.60. The molecule has 0 rings (SSSR count). The lowest BCUT2D eigenvalue weighted by atomic mass is 10.6. The van der Waals surface area contributed by atoms with Gasteiger partial charge in [-0.25, -0.2) is 0 Å². The fraction of sp³-hybridized carbons (Fsp3) is 1.00. The molecule has 0 amide bonds. The Morgan fingerprint density at radius 1 is 1.12 bits per heavy atom. The summed E-state index contributed by atoms with van der Waals surface area (Å²) in [5.74, 6) is 0. The van der Waals surface area contributed by atoms with Crippen LogP contribution in [0.4, 0.5) is 0 Å². The van der Waals surface area contributed by atoms with Crippen LogP contribution in [0.15, 0.2) is 0 Å². The highest BCUT2D eigenvalue weighted by atomic mass is 79.9. The molecule has 0 heterocycles. The van der Waals surface area contributed by atoms with Gasteiger partial charge in [0, 0.05) is 13.1 Å². The maximum Gasteiger partial charge on any atom is 1.00 e. The summed E-state index contributed by atoms with van der Waals surface area (Å²) in [7, 11) is 0. The second kappa shape index (κ2) is 10.4. The van der Waals surface area contributed by atoms with Crippen LogP contribution in [0.3, 0.4) is 0 Å². The Balaban J connectivity index is -0.000000180. The maximum absolute atomic E-state index is 8.15. The molecule has 0 aliphatic heterocycles. The number of aliphatic hydroxyl groups is 2. The predicted molar refractivity (Wildman–Crippen MR) is 28.2 cm³/mol. The summed E-state index contributed by atoms with van der Waals surface area (Å²) < 4.78 is 0. The molecule has 0 fully saturated rings. The number of hydrogen-bond acceptors (Lipinski definition) is 3. The normalized spacial score (nSPS) is 8.25. The summed E-state index contributed by atoms with van der Waals surface area (Å²) in [6.45, 7) is 1.42. The van der Waals surface area contributed by atoms with E-state index in [0.717, 1.165) is 0 Å². The largest absolute Gasteiger partial charge is 1.00 e. The lowest BCUT2D eigenvalue weighted by Crippen LogP contribution is -3.00. The number of aliphatic hydroxyl groups excluding tert-OH is 2. The van der Waals surface area contributed by atoms with E-state index in [4.69, 9.17) is 10.2 Å². The molecule has 3 N–H and O–H groups in total. The summed E-state index contributed by atoms with van der Waals surface area (Å²) in [5.41, 5.74) is 0. The second-order valence-corrected chi connectivity index (χ2v) is 1.20. The van der Waals surface area contributed by atoms with Crippen molar-refractivity contribution in [1.29, 1.82) is 0 Å². The number of nitrogens with one attached hydrogen (secondary N) is 1. The van der Waals surface area contributed by atoms with Crippen molar-refractivity contribution >= 4 is 0 Å². The van der Waals surface area contributed by atoms with Crippen molar-refractivity contribution in [1.82, 2.24) is 5.32 Å². The van der Waals surface area contributed by atoms with E-state index >= 15 is 0 Å².